The fourth-order valence-corrected chi connectivity index (χ4v) is 3.06. The first kappa shape index (κ1) is 17.8. The van der Waals surface area contributed by atoms with Gasteiger partial charge in [-0.25, -0.2) is 0 Å². The Morgan fingerprint density at radius 1 is 1.30 bits per heavy atom. The Morgan fingerprint density at radius 2 is 2.04 bits per heavy atom. The van der Waals surface area contributed by atoms with Crippen molar-refractivity contribution in [3.05, 3.63) is 29.8 Å². The maximum absolute atomic E-state index is 12.6. The van der Waals surface area contributed by atoms with Crippen LogP contribution in [-0.4, -0.2) is 41.2 Å². The molecule has 4 nitrogen and oxygen atoms in total. The topological polar surface area (TPSA) is 49.8 Å². The van der Waals surface area contributed by atoms with Crippen molar-refractivity contribution in [3.8, 4) is 5.75 Å². The van der Waals surface area contributed by atoms with E-state index < -0.39 is 6.10 Å². The number of benzene rings is 1. The molecule has 1 N–H and O–H groups in total. The third-order valence-electron chi connectivity index (χ3n) is 4.64. The largest absolute Gasteiger partial charge is 0.481 e. The number of aliphatic hydroxyl groups is 1. The SMILES string of the molecule is CC(Oc1cccc(C(C)C)c1)C(=O)N1CCCC(C(C)O)C1. The van der Waals surface area contributed by atoms with Gasteiger partial charge in [0.05, 0.1) is 6.10 Å². The smallest absolute Gasteiger partial charge is 0.263 e. The van der Waals surface area contributed by atoms with Crippen LogP contribution in [0.25, 0.3) is 0 Å². The summed E-state index contributed by atoms with van der Waals surface area (Å²) < 4.78 is 5.86. The Labute approximate surface area is 139 Å². The van der Waals surface area contributed by atoms with Crippen LogP contribution in [0.15, 0.2) is 24.3 Å². The van der Waals surface area contributed by atoms with E-state index in [0.717, 1.165) is 25.1 Å². The Kier molecular flexibility index (Phi) is 6.05. The second-order valence-corrected chi connectivity index (χ2v) is 6.91. The van der Waals surface area contributed by atoms with Crippen molar-refractivity contribution in [1.82, 2.24) is 4.90 Å². The summed E-state index contributed by atoms with van der Waals surface area (Å²) in [6.07, 6.45) is 1.04. The number of likely N-dealkylation sites (tertiary alicyclic amines) is 1. The van der Waals surface area contributed by atoms with Gasteiger partial charge >= 0.3 is 0 Å². The Balaban J connectivity index is 1.98. The van der Waals surface area contributed by atoms with Crippen LogP contribution in [0.4, 0.5) is 0 Å². The van der Waals surface area contributed by atoms with E-state index in [1.807, 2.05) is 23.1 Å². The highest BCUT2D eigenvalue weighted by Crippen LogP contribution is 2.23. The monoisotopic (exact) mass is 319 g/mol. The molecule has 1 fully saturated rings. The number of carbonyl (C=O) groups excluding carboxylic acids is 1. The lowest BCUT2D eigenvalue weighted by Crippen LogP contribution is -2.47. The number of piperidine rings is 1. The maximum atomic E-state index is 12.6. The van der Waals surface area contributed by atoms with Crippen LogP contribution in [-0.2, 0) is 4.79 Å². The number of nitrogens with zero attached hydrogens (tertiary/aromatic N) is 1. The summed E-state index contributed by atoms with van der Waals surface area (Å²) >= 11 is 0. The minimum absolute atomic E-state index is 0.00491. The highest BCUT2D eigenvalue weighted by Gasteiger charge is 2.29. The number of hydrogen-bond donors (Lipinski definition) is 1. The van der Waals surface area contributed by atoms with Gasteiger partial charge in [-0.3, -0.25) is 4.79 Å². The van der Waals surface area contributed by atoms with Crippen LogP contribution in [0.1, 0.15) is 52.0 Å². The number of aliphatic hydroxyl groups excluding tert-OH is 1. The summed E-state index contributed by atoms with van der Waals surface area (Å²) in [6, 6.07) is 7.93. The summed E-state index contributed by atoms with van der Waals surface area (Å²) in [5.41, 5.74) is 1.20. The zero-order chi connectivity index (χ0) is 17.0. The quantitative estimate of drug-likeness (QED) is 0.907. The van der Waals surface area contributed by atoms with Crippen LogP contribution in [0.5, 0.6) is 5.75 Å². The Bertz CT molecular complexity index is 527. The van der Waals surface area contributed by atoms with Crippen molar-refractivity contribution in [3.63, 3.8) is 0 Å². The van der Waals surface area contributed by atoms with Crippen LogP contribution in [0.2, 0.25) is 0 Å². The fraction of sp³-hybridized carbons (Fsp3) is 0.632. The minimum atomic E-state index is -0.509. The second-order valence-electron chi connectivity index (χ2n) is 6.91. The van der Waals surface area contributed by atoms with Gasteiger partial charge in [0.1, 0.15) is 5.75 Å². The third-order valence-corrected chi connectivity index (χ3v) is 4.64. The molecule has 0 aliphatic carbocycles. The number of rotatable bonds is 5. The highest BCUT2D eigenvalue weighted by atomic mass is 16.5. The number of ether oxygens (including phenoxy) is 1. The van der Waals surface area contributed by atoms with Crippen LogP contribution < -0.4 is 4.74 Å². The second kappa shape index (κ2) is 7.82. The third kappa shape index (κ3) is 4.71. The lowest BCUT2D eigenvalue weighted by molar-refractivity contribution is -0.140. The molecule has 3 unspecified atom stereocenters. The molecule has 0 aromatic heterocycles. The van der Waals surface area contributed by atoms with E-state index >= 15 is 0 Å². The molecule has 1 aliphatic rings. The summed E-state index contributed by atoms with van der Waals surface area (Å²) in [5, 5.41) is 9.76. The van der Waals surface area contributed by atoms with Gasteiger partial charge in [0.25, 0.3) is 5.91 Å². The summed E-state index contributed by atoms with van der Waals surface area (Å²) in [7, 11) is 0. The normalized spacial score (nSPS) is 21.1. The molecule has 3 atom stereocenters. The molecule has 0 saturated carbocycles. The van der Waals surface area contributed by atoms with Gasteiger partial charge < -0.3 is 14.7 Å². The van der Waals surface area contributed by atoms with Crippen molar-refractivity contribution in [2.24, 2.45) is 5.92 Å². The lowest BCUT2D eigenvalue weighted by atomic mass is 9.93. The molecule has 0 bridgehead atoms. The standard InChI is InChI=1S/C19H29NO3/c1-13(2)16-7-5-9-18(11-16)23-15(4)19(22)20-10-6-8-17(12-20)14(3)21/h5,7,9,11,13-15,17,21H,6,8,10,12H2,1-4H3. The van der Waals surface area contributed by atoms with Crippen molar-refractivity contribution >= 4 is 5.91 Å². The van der Waals surface area contributed by atoms with E-state index in [4.69, 9.17) is 4.74 Å². The number of hydrogen-bond acceptors (Lipinski definition) is 3. The minimum Gasteiger partial charge on any atom is -0.481 e. The molecule has 1 aromatic rings. The maximum Gasteiger partial charge on any atom is 0.263 e. The zero-order valence-electron chi connectivity index (χ0n) is 14.7. The van der Waals surface area contributed by atoms with E-state index in [0.29, 0.717) is 12.5 Å². The van der Waals surface area contributed by atoms with Crippen molar-refractivity contribution in [1.29, 1.82) is 0 Å². The average molecular weight is 319 g/mol. The Hall–Kier alpha value is -1.55. The number of amides is 1. The predicted octanol–water partition coefficient (Wildman–Crippen LogP) is 3.20. The molecule has 0 spiro atoms. The first-order chi connectivity index (χ1) is 10.9. The summed E-state index contributed by atoms with van der Waals surface area (Å²) in [5.74, 6) is 1.34. The highest BCUT2D eigenvalue weighted by molar-refractivity contribution is 5.81. The molecule has 0 radical (unpaired) electrons. The Morgan fingerprint density at radius 3 is 2.70 bits per heavy atom. The molecular formula is C19H29NO3. The molecule has 1 aromatic carbocycles. The fourth-order valence-electron chi connectivity index (χ4n) is 3.06. The predicted molar refractivity (Wildman–Crippen MR) is 91.6 cm³/mol. The zero-order valence-corrected chi connectivity index (χ0v) is 14.7. The van der Waals surface area contributed by atoms with E-state index in [1.54, 1.807) is 13.8 Å². The number of carbonyl (C=O) groups is 1. The molecule has 1 heterocycles. The van der Waals surface area contributed by atoms with Gasteiger partial charge in [-0.1, -0.05) is 26.0 Å². The van der Waals surface area contributed by atoms with Crippen LogP contribution >= 0.6 is 0 Å². The van der Waals surface area contributed by atoms with Crippen molar-refractivity contribution in [2.75, 3.05) is 13.1 Å². The van der Waals surface area contributed by atoms with Gasteiger partial charge in [-0.2, -0.15) is 0 Å². The average Bonchev–Trinajstić information content (AvgIpc) is 2.54. The molecule has 4 heteroatoms. The van der Waals surface area contributed by atoms with Gasteiger partial charge in [-0.15, -0.1) is 0 Å². The molecular weight excluding hydrogens is 290 g/mol. The van der Waals surface area contributed by atoms with Gasteiger partial charge in [0, 0.05) is 19.0 Å². The van der Waals surface area contributed by atoms with Crippen LogP contribution in [0.3, 0.4) is 0 Å². The first-order valence-electron chi connectivity index (χ1n) is 8.62. The van der Waals surface area contributed by atoms with Crippen molar-refractivity contribution < 1.29 is 14.6 Å². The first-order valence-corrected chi connectivity index (χ1v) is 8.62. The molecule has 1 amide bonds. The van der Waals surface area contributed by atoms with E-state index in [2.05, 4.69) is 19.9 Å². The molecule has 23 heavy (non-hydrogen) atoms. The van der Waals surface area contributed by atoms with E-state index in [1.165, 1.54) is 5.56 Å². The van der Waals surface area contributed by atoms with Crippen molar-refractivity contribution in [2.45, 2.75) is 58.7 Å². The molecule has 128 valence electrons. The van der Waals surface area contributed by atoms with E-state index in [-0.39, 0.29) is 17.9 Å². The summed E-state index contributed by atoms with van der Waals surface area (Å²) in [4.78, 5) is 14.4. The summed E-state index contributed by atoms with van der Waals surface area (Å²) in [6.45, 7) is 9.25. The molecule has 2 rings (SSSR count). The van der Waals surface area contributed by atoms with Gasteiger partial charge in [0.15, 0.2) is 6.10 Å². The van der Waals surface area contributed by atoms with Crippen LogP contribution in [0, 0.1) is 5.92 Å². The lowest BCUT2D eigenvalue weighted by Gasteiger charge is -2.35. The van der Waals surface area contributed by atoms with Gasteiger partial charge in [-0.05, 0) is 50.3 Å². The molecule has 1 saturated heterocycles. The van der Waals surface area contributed by atoms with E-state index in [9.17, 15) is 9.90 Å². The molecule has 1 aliphatic heterocycles. The van der Waals surface area contributed by atoms with Gasteiger partial charge in [0.2, 0.25) is 0 Å².